The van der Waals surface area contributed by atoms with Gasteiger partial charge < -0.3 is 9.67 Å². The molecule has 0 saturated carbocycles. The Morgan fingerprint density at radius 2 is 1.62 bits per heavy atom. The number of carbonyl (C=O) groups excluding carboxylic acids is 1. The number of carbonyl (C=O) groups is 1. The largest absolute Gasteiger partial charge is 0.512 e. The molecule has 2 heterocycles. The Balaban J connectivity index is 0.000000492. The molecular formula is C35H38IrNO2S-. The molecule has 5 heteroatoms. The first-order chi connectivity index (χ1) is 18.3. The minimum absolute atomic E-state index is 0. The SMILES string of the molecule is CC(=O)/C=C(/C)O.[CH2-]c1c(-c2c3sc4cc(C(C)C)ccc4c3cc[n+]2[CH2-])cc(C(C)(C)C)c2ccccc12.[Ir]. The van der Waals surface area contributed by atoms with Crippen LogP contribution in [-0.2, 0) is 30.3 Å². The van der Waals surface area contributed by atoms with Gasteiger partial charge in [0.2, 0.25) is 0 Å². The van der Waals surface area contributed by atoms with Gasteiger partial charge in [0.25, 0.3) is 0 Å². The Bertz CT molecular complexity index is 1730. The fourth-order valence-electron chi connectivity index (χ4n) is 5.04. The Kier molecular flexibility index (Phi) is 9.57. The second-order valence-corrected chi connectivity index (χ2v) is 12.6. The summed E-state index contributed by atoms with van der Waals surface area (Å²) in [7, 11) is 4.37. The number of fused-ring (bicyclic) bond motifs is 4. The van der Waals surface area contributed by atoms with Crippen molar-refractivity contribution in [2.45, 2.75) is 59.8 Å². The van der Waals surface area contributed by atoms with Gasteiger partial charge in [-0.2, -0.15) is 12.5 Å². The number of aliphatic hydroxyl groups is 1. The third kappa shape index (κ3) is 6.28. The van der Waals surface area contributed by atoms with Crippen LogP contribution in [0, 0.1) is 14.0 Å². The van der Waals surface area contributed by atoms with E-state index in [1.54, 1.807) is 0 Å². The second-order valence-electron chi connectivity index (χ2n) is 11.5. The molecule has 5 aromatic rings. The van der Waals surface area contributed by atoms with E-state index in [1.165, 1.54) is 67.6 Å². The zero-order valence-corrected chi connectivity index (χ0v) is 27.6. The van der Waals surface area contributed by atoms with E-state index in [2.05, 4.69) is 109 Å². The van der Waals surface area contributed by atoms with Crippen LogP contribution in [0.3, 0.4) is 0 Å². The summed E-state index contributed by atoms with van der Waals surface area (Å²) in [5, 5.41) is 13.5. The summed E-state index contributed by atoms with van der Waals surface area (Å²) in [5.74, 6) is 0.454. The molecule has 211 valence electrons. The minimum Gasteiger partial charge on any atom is -0.512 e. The van der Waals surface area contributed by atoms with Gasteiger partial charge in [0.05, 0.1) is 17.6 Å². The predicted octanol–water partition coefficient (Wildman–Crippen LogP) is 9.44. The molecule has 0 bridgehead atoms. The Labute approximate surface area is 255 Å². The number of aliphatic hydroxyl groups excluding tert-OH is 1. The minimum atomic E-state index is -0.125. The third-order valence-electron chi connectivity index (χ3n) is 6.97. The van der Waals surface area contributed by atoms with Crippen molar-refractivity contribution >= 4 is 48.1 Å². The maximum atomic E-state index is 10.0. The van der Waals surface area contributed by atoms with E-state index in [4.69, 9.17) is 5.11 Å². The van der Waals surface area contributed by atoms with Crippen LogP contribution < -0.4 is 4.57 Å². The summed E-state index contributed by atoms with van der Waals surface area (Å²) in [6, 6.07) is 20.1. The average Bonchev–Trinajstić information content (AvgIpc) is 3.21. The summed E-state index contributed by atoms with van der Waals surface area (Å²) in [6.07, 6.45) is 3.26. The number of thiophene rings is 1. The molecule has 0 aliphatic heterocycles. The number of ketones is 1. The molecule has 0 aliphatic carbocycles. The van der Waals surface area contributed by atoms with Gasteiger partial charge in [-0.05, 0) is 53.6 Å². The number of pyridine rings is 1. The molecule has 2 aromatic heterocycles. The number of allylic oxidation sites excluding steroid dienone is 2. The first-order valence-corrected chi connectivity index (χ1v) is 14.1. The van der Waals surface area contributed by atoms with Crippen LogP contribution in [0.1, 0.15) is 71.1 Å². The molecule has 1 radical (unpaired) electrons. The fraction of sp³-hybridized carbons (Fsp3) is 0.257. The van der Waals surface area contributed by atoms with Crippen molar-refractivity contribution in [2.75, 3.05) is 0 Å². The Morgan fingerprint density at radius 3 is 2.17 bits per heavy atom. The summed E-state index contributed by atoms with van der Waals surface area (Å²) in [6.45, 7) is 18.8. The first-order valence-electron chi connectivity index (χ1n) is 13.3. The van der Waals surface area contributed by atoms with Gasteiger partial charge in [-0.25, -0.2) is 0 Å². The number of rotatable bonds is 3. The van der Waals surface area contributed by atoms with Crippen LogP contribution in [0.2, 0.25) is 0 Å². The maximum Gasteiger partial charge on any atom is 0.155 e. The predicted molar refractivity (Wildman–Crippen MR) is 168 cm³/mol. The van der Waals surface area contributed by atoms with Crippen molar-refractivity contribution in [3.05, 3.63) is 103 Å². The molecule has 0 fully saturated rings. The molecule has 0 aliphatic rings. The molecule has 3 nitrogen and oxygen atoms in total. The molecule has 1 N–H and O–H groups in total. The summed E-state index contributed by atoms with van der Waals surface area (Å²) in [5.41, 5.74) is 6.14. The third-order valence-corrected chi connectivity index (χ3v) is 8.15. The first kappa shape index (κ1) is 31.4. The molecule has 0 spiro atoms. The van der Waals surface area contributed by atoms with E-state index in [0.717, 1.165) is 11.3 Å². The van der Waals surface area contributed by atoms with E-state index < -0.39 is 0 Å². The molecule has 0 saturated heterocycles. The normalized spacial score (nSPS) is 11.9. The van der Waals surface area contributed by atoms with Crippen molar-refractivity contribution in [1.29, 1.82) is 0 Å². The number of hydrogen-bond donors (Lipinski definition) is 1. The van der Waals surface area contributed by atoms with E-state index in [9.17, 15) is 4.79 Å². The summed E-state index contributed by atoms with van der Waals surface area (Å²) >= 11 is 1.87. The number of hydrogen-bond acceptors (Lipinski definition) is 3. The van der Waals surface area contributed by atoms with Crippen LogP contribution in [0.4, 0.5) is 0 Å². The fourth-order valence-corrected chi connectivity index (χ4v) is 6.36. The van der Waals surface area contributed by atoms with Gasteiger partial charge >= 0.3 is 0 Å². The van der Waals surface area contributed by atoms with Crippen molar-refractivity contribution in [3.63, 3.8) is 0 Å². The van der Waals surface area contributed by atoms with Crippen molar-refractivity contribution < 1.29 is 34.6 Å². The number of benzene rings is 3. The molecule has 40 heavy (non-hydrogen) atoms. The van der Waals surface area contributed by atoms with Crippen LogP contribution in [-0.4, -0.2) is 10.9 Å². The van der Waals surface area contributed by atoms with Gasteiger partial charge in [-0.15, -0.1) is 34.4 Å². The van der Waals surface area contributed by atoms with Gasteiger partial charge in [0.1, 0.15) is 0 Å². The smallest absolute Gasteiger partial charge is 0.155 e. The maximum absolute atomic E-state index is 10.0. The summed E-state index contributed by atoms with van der Waals surface area (Å²) in [4.78, 5) is 10.0. The number of nitrogens with zero attached hydrogens (tertiary/aromatic N) is 1. The average molecular weight is 729 g/mol. The van der Waals surface area contributed by atoms with Crippen molar-refractivity contribution in [1.82, 2.24) is 0 Å². The van der Waals surface area contributed by atoms with E-state index >= 15 is 0 Å². The van der Waals surface area contributed by atoms with Crippen LogP contribution >= 0.6 is 11.3 Å². The molecular weight excluding hydrogens is 691 g/mol. The van der Waals surface area contributed by atoms with Crippen LogP contribution in [0.5, 0.6) is 0 Å². The van der Waals surface area contributed by atoms with Crippen LogP contribution in [0.15, 0.2) is 72.6 Å². The molecule has 5 rings (SSSR count). The molecule has 3 aromatic carbocycles. The van der Waals surface area contributed by atoms with Gasteiger partial charge in [0, 0.05) is 42.6 Å². The van der Waals surface area contributed by atoms with Crippen LogP contribution in [0.25, 0.3) is 42.2 Å². The molecule has 0 atom stereocenters. The Hall–Kier alpha value is -3.11. The standard InChI is InChI=1S/C30H30NS.C5H8O2.Ir/c1-18(2)20-12-13-23-24-14-15-31(7)28(29(24)32-27(23)16-20)25-17-26(30(4,5)6)22-11-9-8-10-21(22)19(25)3;1-4(6)3-5(2)7;/h8-18H,3,7H2,1-2,4-6H3;3,6H,1-2H3;/q-1;;/b;4-3-;. The van der Waals surface area contributed by atoms with E-state index in [1.807, 2.05) is 15.9 Å². The van der Waals surface area contributed by atoms with Gasteiger partial charge in [-0.3, -0.25) is 4.79 Å². The van der Waals surface area contributed by atoms with Gasteiger partial charge in [-0.1, -0.05) is 75.9 Å². The van der Waals surface area contributed by atoms with E-state index in [0.29, 0.717) is 5.92 Å². The quantitative estimate of drug-likeness (QED) is 0.0871. The molecule has 0 amide bonds. The monoisotopic (exact) mass is 729 g/mol. The molecule has 0 unspecified atom stereocenters. The van der Waals surface area contributed by atoms with E-state index in [-0.39, 0.29) is 37.1 Å². The topological polar surface area (TPSA) is 41.2 Å². The zero-order chi connectivity index (χ0) is 28.6. The van der Waals surface area contributed by atoms with Gasteiger partial charge in [0.15, 0.2) is 5.78 Å². The zero-order valence-electron chi connectivity index (χ0n) is 24.4. The second kappa shape index (κ2) is 12.2. The summed E-state index contributed by atoms with van der Waals surface area (Å²) < 4.78 is 4.63. The Morgan fingerprint density at radius 1 is 0.975 bits per heavy atom. The van der Waals surface area contributed by atoms with Crippen molar-refractivity contribution in [3.8, 4) is 11.3 Å². The van der Waals surface area contributed by atoms with Crippen molar-refractivity contribution in [2.24, 2.45) is 0 Å². The number of aromatic nitrogens is 1.